The van der Waals surface area contributed by atoms with Crippen LogP contribution in [0.4, 0.5) is 5.69 Å². The Bertz CT molecular complexity index is 367. The molecule has 0 spiro atoms. The van der Waals surface area contributed by atoms with Crippen molar-refractivity contribution in [3.8, 4) is 0 Å². The first-order valence-corrected chi connectivity index (χ1v) is 7.60. The van der Waals surface area contributed by atoms with Crippen LogP contribution in [0.25, 0.3) is 0 Å². The summed E-state index contributed by atoms with van der Waals surface area (Å²) in [6.07, 6.45) is 6.87. The highest BCUT2D eigenvalue weighted by Crippen LogP contribution is 2.39. The van der Waals surface area contributed by atoms with E-state index in [-0.39, 0.29) is 0 Å². The van der Waals surface area contributed by atoms with E-state index < -0.39 is 0 Å². The van der Waals surface area contributed by atoms with Gasteiger partial charge >= 0.3 is 0 Å². The molecule has 0 aliphatic heterocycles. The number of nitrogens with two attached hydrogens (primary N) is 1. The third kappa shape index (κ3) is 3.19. The summed E-state index contributed by atoms with van der Waals surface area (Å²) in [6.45, 7) is 4.41. The van der Waals surface area contributed by atoms with Gasteiger partial charge in [0, 0.05) is 15.8 Å². The zero-order chi connectivity index (χ0) is 12.3. The highest BCUT2D eigenvalue weighted by Gasteiger charge is 2.21. The second-order valence-electron chi connectivity index (χ2n) is 5.16. The maximum absolute atomic E-state index is 6.13. The Morgan fingerprint density at radius 1 is 1.24 bits per heavy atom. The van der Waals surface area contributed by atoms with Crippen molar-refractivity contribution in [1.82, 2.24) is 0 Å². The Kier molecular flexibility index (Phi) is 4.38. The maximum atomic E-state index is 6.13. The Morgan fingerprint density at radius 2 is 1.94 bits per heavy atom. The van der Waals surface area contributed by atoms with E-state index in [1.165, 1.54) is 42.6 Å². The minimum atomic E-state index is 0.780. The van der Waals surface area contributed by atoms with Crippen LogP contribution in [0.2, 0.25) is 0 Å². The van der Waals surface area contributed by atoms with Crippen molar-refractivity contribution in [3.05, 3.63) is 23.8 Å². The van der Waals surface area contributed by atoms with Crippen LogP contribution in [0.3, 0.4) is 0 Å². The van der Waals surface area contributed by atoms with Gasteiger partial charge < -0.3 is 5.73 Å². The summed E-state index contributed by atoms with van der Waals surface area (Å²) in [5.74, 6) is 0.974. The average molecular weight is 249 g/mol. The molecule has 0 amide bonds. The number of rotatable bonds is 3. The molecule has 1 nitrogen and oxygen atoms in total. The molecule has 2 heteroatoms. The smallest absolute Gasteiger partial charge is 0.0482 e. The zero-order valence-electron chi connectivity index (χ0n) is 10.9. The molecule has 0 aromatic heterocycles. The summed E-state index contributed by atoms with van der Waals surface area (Å²) in [5.41, 5.74) is 8.32. The predicted octanol–water partition coefficient (Wildman–Crippen LogP) is 4.64. The Morgan fingerprint density at radius 3 is 2.59 bits per heavy atom. The first-order valence-electron chi connectivity index (χ1n) is 6.72. The lowest BCUT2D eigenvalue weighted by molar-refractivity contribution is 0.356. The number of thioether (sulfide) groups is 1. The monoisotopic (exact) mass is 249 g/mol. The number of nitrogen functional groups attached to an aromatic ring is 1. The fourth-order valence-electron chi connectivity index (χ4n) is 2.59. The highest BCUT2D eigenvalue weighted by atomic mass is 32.2. The Hall–Kier alpha value is -0.630. The third-order valence-electron chi connectivity index (χ3n) is 3.95. The Balaban J connectivity index is 1.95. The van der Waals surface area contributed by atoms with Gasteiger partial charge in [0.05, 0.1) is 0 Å². The SMILES string of the molecule is CCC1CCC(Sc2cccc(C)c2N)CC1. The summed E-state index contributed by atoms with van der Waals surface area (Å²) >= 11 is 1.99. The molecule has 0 heterocycles. The molecule has 1 saturated carbocycles. The predicted molar refractivity (Wildman–Crippen MR) is 77.5 cm³/mol. The molecule has 1 fully saturated rings. The maximum Gasteiger partial charge on any atom is 0.0482 e. The minimum Gasteiger partial charge on any atom is -0.398 e. The molecule has 94 valence electrons. The Labute approximate surface area is 109 Å². The van der Waals surface area contributed by atoms with Crippen molar-refractivity contribution in [2.75, 3.05) is 5.73 Å². The fourth-order valence-corrected chi connectivity index (χ4v) is 3.91. The summed E-state index contributed by atoms with van der Waals surface area (Å²) in [4.78, 5) is 1.28. The number of benzene rings is 1. The van der Waals surface area contributed by atoms with Gasteiger partial charge in [0.15, 0.2) is 0 Å². The van der Waals surface area contributed by atoms with E-state index in [1.807, 2.05) is 11.8 Å². The zero-order valence-corrected chi connectivity index (χ0v) is 11.7. The van der Waals surface area contributed by atoms with Gasteiger partial charge in [-0.15, -0.1) is 11.8 Å². The molecule has 1 aromatic rings. The minimum absolute atomic E-state index is 0.780. The standard InChI is InChI=1S/C15H23NS/c1-3-12-7-9-13(10-8-12)17-14-6-4-5-11(2)15(14)16/h4-6,12-13H,3,7-10,16H2,1-2H3. The number of hydrogen-bond donors (Lipinski definition) is 1. The topological polar surface area (TPSA) is 26.0 Å². The van der Waals surface area contributed by atoms with E-state index >= 15 is 0 Å². The lowest BCUT2D eigenvalue weighted by Crippen LogP contribution is -2.15. The van der Waals surface area contributed by atoms with E-state index in [9.17, 15) is 0 Å². The molecule has 0 unspecified atom stereocenters. The van der Waals surface area contributed by atoms with Crippen LogP contribution < -0.4 is 5.73 Å². The van der Waals surface area contributed by atoms with E-state index in [1.54, 1.807) is 0 Å². The molecule has 0 atom stereocenters. The van der Waals surface area contributed by atoms with Gasteiger partial charge in [-0.05, 0) is 50.2 Å². The van der Waals surface area contributed by atoms with Crippen LogP contribution in [-0.2, 0) is 0 Å². The summed E-state index contributed by atoms with van der Waals surface area (Å²) in [7, 11) is 0. The van der Waals surface area contributed by atoms with Crippen molar-refractivity contribution in [3.63, 3.8) is 0 Å². The van der Waals surface area contributed by atoms with E-state index in [0.717, 1.165) is 16.9 Å². The summed E-state index contributed by atoms with van der Waals surface area (Å²) in [6, 6.07) is 6.37. The molecule has 2 rings (SSSR count). The van der Waals surface area contributed by atoms with Crippen molar-refractivity contribution >= 4 is 17.4 Å². The van der Waals surface area contributed by atoms with Gasteiger partial charge in [0.1, 0.15) is 0 Å². The van der Waals surface area contributed by atoms with Crippen molar-refractivity contribution in [2.24, 2.45) is 5.92 Å². The molecular weight excluding hydrogens is 226 g/mol. The molecule has 0 radical (unpaired) electrons. The summed E-state index contributed by atoms with van der Waals surface area (Å²) in [5, 5.41) is 0.780. The number of aryl methyl sites for hydroxylation is 1. The molecule has 1 aliphatic carbocycles. The second-order valence-corrected chi connectivity index (χ2v) is 6.50. The normalized spacial score (nSPS) is 24.8. The number of hydrogen-bond acceptors (Lipinski definition) is 2. The molecular formula is C15H23NS. The van der Waals surface area contributed by atoms with Crippen LogP contribution in [0.1, 0.15) is 44.6 Å². The van der Waals surface area contributed by atoms with Gasteiger partial charge in [0.2, 0.25) is 0 Å². The number of anilines is 1. The fraction of sp³-hybridized carbons (Fsp3) is 0.600. The van der Waals surface area contributed by atoms with Crippen molar-refractivity contribution in [1.29, 1.82) is 0 Å². The molecule has 2 N–H and O–H groups in total. The average Bonchev–Trinajstić information content (AvgIpc) is 2.36. The van der Waals surface area contributed by atoms with Gasteiger partial charge in [0.25, 0.3) is 0 Å². The quantitative estimate of drug-likeness (QED) is 0.790. The van der Waals surface area contributed by atoms with E-state index in [2.05, 4.69) is 32.0 Å². The van der Waals surface area contributed by atoms with Crippen LogP contribution in [0.15, 0.2) is 23.1 Å². The van der Waals surface area contributed by atoms with Gasteiger partial charge in [-0.3, -0.25) is 0 Å². The first kappa shape index (κ1) is 12.8. The first-order chi connectivity index (χ1) is 8.20. The van der Waals surface area contributed by atoms with Crippen LogP contribution >= 0.6 is 11.8 Å². The van der Waals surface area contributed by atoms with Crippen molar-refractivity contribution in [2.45, 2.75) is 56.1 Å². The molecule has 0 bridgehead atoms. The van der Waals surface area contributed by atoms with Crippen LogP contribution in [0, 0.1) is 12.8 Å². The van der Waals surface area contributed by atoms with Crippen LogP contribution in [0.5, 0.6) is 0 Å². The summed E-state index contributed by atoms with van der Waals surface area (Å²) < 4.78 is 0. The van der Waals surface area contributed by atoms with Crippen molar-refractivity contribution < 1.29 is 0 Å². The molecule has 1 aromatic carbocycles. The van der Waals surface area contributed by atoms with Gasteiger partial charge in [-0.25, -0.2) is 0 Å². The third-order valence-corrected chi connectivity index (χ3v) is 5.36. The molecule has 0 saturated heterocycles. The molecule has 17 heavy (non-hydrogen) atoms. The van der Waals surface area contributed by atoms with E-state index in [4.69, 9.17) is 5.73 Å². The van der Waals surface area contributed by atoms with E-state index in [0.29, 0.717) is 0 Å². The lowest BCUT2D eigenvalue weighted by atomic mass is 9.87. The largest absolute Gasteiger partial charge is 0.398 e. The molecule has 1 aliphatic rings. The van der Waals surface area contributed by atoms with Gasteiger partial charge in [-0.1, -0.05) is 25.5 Å². The van der Waals surface area contributed by atoms with Gasteiger partial charge in [-0.2, -0.15) is 0 Å². The second kappa shape index (κ2) is 5.81. The van der Waals surface area contributed by atoms with Crippen LogP contribution in [-0.4, -0.2) is 5.25 Å². The highest BCUT2D eigenvalue weighted by molar-refractivity contribution is 8.00. The lowest BCUT2D eigenvalue weighted by Gasteiger charge is -2.27. The number of para-hydroxylation sites is 1.